The van der Waals surface area contributed by atoms with Gasteiger partial charge in [0.05, 0.1) is 0 Å². The third-order valence-electron chi connectivity index (χ3n) is 7.74. The first-order valence-electron chi connectivity index (χ1n) is 13.9. The Morgan fingerprint density at radius 1 is 1.03 bits per heavy atom. The van der Waals surface area contributed by atoms with Crippen molar-refractivity contribution in [2.75, 3.05) is 0 Å². The summed E-state index contributed by atoms with van der Waals surface area (Å²) in [7, 11) is 0. The molecule has 2 atom stereocenters. The Balaban J connectivity index is 1.89. The first kappa shape index (κ1) is 27.9. The van der Waals surface area contributed by atoms with Gasteiger partial charge in [-0.25, -0.2) is 0 Å². The largest absolute Gasteiger partial charge is 0.489 e. The maximum atomic E-state index is 12.6. The molecule has 0 heterocycles. The van der Waals surface area contributed by atoms with Crippen LogP contribution in [0.3, 0.4) is 0 Å². The Morgan fingerprint density at radius 2 is 1.83 bits per heavy atom. The van der Waals surface area contributed by atoms with Gasteiger partial charge in [0, 0.05) is 19.3 Å². The van der Waals surface area contributed by atoms with Crippen LogP contribution < -0.4 is 4.74 Å². The third-order valence-corrected chi connectivity index (χ3v) is 7.74. The number of carbonyl (C=O) groups is 2. The van der Waals surface area contributed by atoms with E-state index in [2.05, 4.69) is 57.2 Å². The Morgan fingerprint density at radius 3 is 2.58 bits per heavy atom. The van der Waals surface area contributed by atoms with Crippen molar-refractivity contribution in [1.82, 2.24) is 0 Å². The predicted octanol–water partition coefficient (Wildman–Crippen LogP) is 8.50. The predicted molar refractivity (Wildman–Crippen MR) is 149 cm³/mol. The number of Topliss-reactive ketones (excluding diaryl/α,β-unsaturated/α-hetero) is 1. The van der Waals surface area contributed by atoms with Crippen LogP contribution in [0.4, 0.5) is 0 Å². The molecule has 3 rings (SSSR count). The number of ketones is 1. The summed E-state index contributed by atoms with van der Waals surface area (Å²) in [6.45, 7) is 7.43. The lowest BCUT2D eigenvalue weighted by atomic mass is 9.72. The van der Waals surface area contributed by atoms with Crippen molar-refractivity contribution in [3.05, 3.63) is 77.4 Å². The van der Waals surface area contributed by atoms with Crippen LogP contribution in [0.25, 0.3) is 0 Å². The van der Waals surface area contributed by atoms with E-state index in [1.54, 1.807) is 0 Å². The molecule has 0 amide bonds. The monoisotopic (exact) mass is 488 g/mol. The molecule has 1 saturated carbocycles. The van der Waals surface area contributed by atoms with Crippen molar-refractivity contribution >= 4 is 12.1 Å². The second-order valence-electron chi connectivity index (χ2n) is 11.0. The molecule has 194 valence electrons. The number of hydrogen-bond acceptors (Lipinski definition) is 3. The maximum Gasteiger partial charge on any atom is 0.133 e. The molecule has 0 spiro atoms. The van der Waals surface area contributed by atoms with E-state index in [1.807, 2.05) is 24.3 Å². The highest BCUT2D eigenvalue weighted by atomic mass is 16.5. The van der Waals surface area contributed by atoms with Gasteiger partial charge in [-0.15, -0.1) is 0 Å². The minimum absolute atomic E-state index is 0.0660. The Kier molecular flexibility index (Phi) is 11.0. The van der Waals surface area contributed by atoms with Crippen LogP contribution in [0.1, 0.15) is 108 Å². The van der Waals surface area contributed by atoms with E-state index in [-0.39, 0.29) is 11.3 Å². The molecular weight excluding hydrogens is 444 g/mol. The van der Waals surface area contributed by atoms with Gasteiger partial charge >= 0.3 is 0 Å². The van der Waals surface area contributed by atoms with Crippen LogP contribution >= 0.6 is 0 Å². The van der Waals surface area contributed by atoms with E-state index < -0.39 is 0 Å². The Bertz CT molecular complexity index is 989. The number of benzene rings is 2. The molecule has 0 unspecified atom stereocenters. The summed E-state index contributed by atoms with van der Waals surface area (Å²) in [5.74, 6) is 1.76. The van der Waals surface area contributed by atoms with Crippen LogP contribution in [-0.4, -0.2) is 12.1 Å². The quantitative estimate of drug-likeness (QED) is 0.152. The summed E-state index contributed by atoms with van der Waals surface area (Å²) < 4.78 is 6.51. The third kappa shape index (κ3) is 8.18. The first-order valence-corrected chi connectivity index (χ1v) is 13.9. The van der Waals surface area contributed by atoms with E-state index in [0.717, 1.165) is 42.4 Å². The summed E-state index contributed by atoms with van der Waals surface area (Å²) in [6.07, 6.45) is 14.6. The number of ether oxygens (including phenoxy) is 1. The molecule has 3 nitrogen and oxygen atoms in total. The fraction of sp³-hybridized carbons (Fsp3) is 0.515. The zero-order chi connectivity index (χ0) is 25.8. The minimum Gasteiger partial charge on any atom is -0.489 e. The number of carbonyl (C=O) groups excluding carboxylic acids is 2. The van der Waals surface area contributed by atoms with Crippen molar-refractivity contribution in [1.29, 1.82) is 0 Å². The van der Waals surface area contributed by atoms with Gasteiger partial charge in [0.25, 0.3) is 0 Å². The van der Waals surface area contributed by atoms with Crippen molar-refractivity contribution in [2.45, 2.75) is 103 Å². The summed E-state index contributed by atoms with van der Waals surface area (Å²) in [5, 5.41) is 0. The van der Waals surface area contributed by atoms with Crippen molar-refractivity contribution in [3.8, 4) is 5.75 Å². The molecule has 1 aliphatic carbocycles. The maximum absolute atomic E-state index is 12.6. The molecule has 0 bridgehead atoms. The SMILES string of the molecule is CCCCCCC(C)(C)c1ccc([C@@H]2CC(=O)CC[C@H]2CC=CCC=O)c(OCc2ccccc2)c1. The molecule has 2 aromatic rings. The second-order valence-corrected chi connectivity index (χ2v) is 11.0. The van der Waals surface area contributed by atoms with Crippen molar-refractivity contribution < 1.29 is 14.3 Å². The number of unbranched alkanes of at least 4 members (excludes halogenated alkanes) is 3. The van der Waals surface area contributed by atoms with Crippen LogP contribution in [0.15, 0.2) is 60.7 Å². The molecule has 1 fully saturated rings. The topological polar surface area (TPSA) is 43.4 Å². The van der Waals surface area contributed by atoms with E-state index in [1.165, 1.54) is 31.2 Å². The van der Waals surface area contributed by atoms with Gasteiger partial charge in [-0.1, -0.05) is 101 Å². The number of allylic oxidation sites excluding steroid dienone is 2. The highest BCUT2D eigenvalue weighted by Crippen LogP contribution is 2.44. The van der Waals surface area contributed by atoms with Crippen LogP contribution in [0, 0.1) is 5.92 Å². The summed E-state index contributed by atoms with van der Waals surface area (Å²) in [4.78, 5) is 23.3. The van der Waals surface area contributed by atoms with E-state index in [0.29, 0.717) is 37.6 Å². The van der Waals surface area contributed by atoms with E-state index >= 15 is 0 Å². The molecule has 2 aromatic carbocycles. The minimum atomic E-state index is 0.0660. The molecule has 1 aliphatic rings. The van der Waals surface area contributed by atoms with Gasteiger partial charge in [0.15, 0.2) is 0 Å². The number of rotatable bonds is 14. The van der Waals surface area contributed by atoms with E-state index in [9.17, 15) is 9.59 Å². The van der Waals surface area contributed by atoms with Gasteiger partial charge < -0.3 is 9.53 Å². The lowest BCUT2D eigenvalue weighted by molar-refractivity contribution is -0.121. The zero-order valence-electron chi connectivity index (χ0n) is 22.5. The molecule has 0 radical (unpaired) electrons. The first-order chi connectivity index (χ1) is 17.4. The standard InChI is InChI=1S/C33H44O3/c1-4-5-6-12-21-33(2,3)28-18-20-30(32(23-28)36-25-26-14-9-7-10-15-26)31-24-29(35)19-17-27(31)16-11-8-13-22-34/h7-11,14-15,18,20,22-23,27,31H,4-6,12-13,16-17,19,21,24-25H2,1-3H3/t27-,31-/m1/s1. The molecule has 0 saturated heterocycles. The average molecular weight is 489 g/mol. The fourth-order valence-corrected chi connectivity index (χ4v) is 5.39. The van der Waals surface area contributed by atoms with Crippen LogP contribution in [-0.2, 0) is 21.6 Å². The second kappa shape index (κ2) is 14.2. The normalized spacial score (nSPS) is 18.5. The molecule has 36 heavy (non-hydrogen) atoms. The van der Waals surface area contributed by atoms with Crippen molar-refractivity contribution in [3.63, 3.8) is 0 Å². The summed E-state index contributed by atoms with van der Waals surface area (Å²) in [5.41, 5.74) is 3.66. The van der Waals surface area contributed by atoms with Gasteiger partial charge in [0.2, 0.25) is 0 Å². The fourth-order valence-electron chi connectivity index (χ4n) is 5.39. The Hall–Kier alpha value is -2.68. The summed E-state index contributed by atoms with van der Waals surface area (Å²) in [6, 6.07) is 17.0. The van der Waals surface area contributed by atoms with E-state index in [4.69, 9.17) is 4.74 Å². The Labute approximate surface area is 218 Å². The van der Waals surface area contributed by atoms with Gasteiger partial charge in [-0.2, -0.15) is 0 Å². The molecule has 0 aromatic heterocycles. The molecular formula is C33H44O3. The van der Waals surface area contributed by atoms with Crippen LogP contribution in [0.2, 0.25) is 0 Å². The smallest absolute Gasteiger partial charge is 0.133 e. The van der Waals surface area contributed by atoms with Gasteiger partial charge in [0.1, 0.15) is 24.4 Å². The van der Waals surface area contributed by atoms with Crippen molar-refractivity contribution in [2.24, 2.45) is 5.92 Å². The van der Waals surface area contributed by atoms with Gasteiger partial charge in [-0.3, -0.25) is 4.79 Å². The molecule has 3 heteroatoms. The average Bonchev–Trinajstić information content (AvgIpc) is 2.89. The van der Waals surface area contributed by atoms with Gasteiger partial charge in [-0.05, 0) is 59.3 Å². The lowest BCUT2D eigenvalue weighted by Crippen LogP contribution is -2.24. The van der Waals surface area contributed by atoms with Crippen LogP contribution in [0.5, 0.6) is 5.75 Å². The lowest BCUT2D eigenvalue weighted by Gasteiger charge is -2.33. The zero-order valence-corrected chi connectivity index (χ0v) is 22.5. The number of aldehydes is 1. The number of hydrogen-bond donors (Lipinski definition) is 0. The highest BCUT2D eigenvalue weighted by Gasteiger charge is 2.32. The molecule has 0 aliphatic heterocycles. The molecule has 0 N–H and O–H groups in total. The summed E-state index contributed by atoms with van der Waals surface area (Å²) >= 11 is 0. The highest BCUT2D eigenvalue weighted by molar-refractivity contribution is 5.80.